The van der Waals surface area contributed by atoms with Crippen molar-refractivity contribution in [1.82, 2.24) is 5.32 Å². The molecule has 0 aromatic rings. The third-order valence-electron chi connectivity index (χ3n) is 1.80. The lowest BCUT2D eigenvalue weighted by Crippen LogP contribution is -2.24. The first-order chi connectivity index (χ1) is 6.31. The van der Waals surface area contributed by atoms with Crippen LogP contribution in [0.1, 0.15) is 26.7 Å². The summed E-state index contributed by atoms with van der Waals surface area (Å²) >= 11 is 0. The summed E-state index contributed by atoms with van der Waals surface area (Å²) in [6.45, 7) is 7.99. The minimum Gasteiger partial charge on any atom is -0.396 e. The summed E-state index contributed by atoms with van der Waals surface area (Å²) in [6.07, 6.45) is 2.15. The highest BCUT2D eigenvalue weighted by atomic mass is 16.5. The summed E-state index contributed by atoms with van der Waals surface area (Å²) in [7, 11) is 0. The minimum absolute atomic E-state index is 0.263. The van der Waals surface area contributed by atoms with Crippen molar-refractivity contribution in [3.05, 3.63) is 0 Å². The second kappa shape index (κ2) is 9.96. The van der Waals surface area contributed by atoms with Gasteiger partial charge in [0.15, 0.2) is 0 Å². The summed E-state index contributed by atoms with van der Waals surface area (Å²) in [5.41, 5.74) is 0. The summed E-state index contributed by atoms with van der Waals surface area (Å²) in [5.74, 6) is 0.358. The third kappa shape index (κ3) is 9.80. The first kappa shape index (κ1) is 12.9. The van der Waals surface area contributed by atoms with E-state index in [0.29, 0.717) is 5.92 Å². The smallest absolute Gasteiger partial charge is 0.0478 e. The van der Waals surface area contributed by atoms with E-state index in [1.54, 1.807) is 0 Å². The van der Waals surface area contributed by atoms with Crippen LogP contribution in [-0.2, 0) is 4.74 Å². The molecular formula is C10H23NO2. The lowest BCUT2D eigenvalue weighted by Gasteiger charge is -2.09. The highest BCUT2D eigenvalue weighted by Crippen LogP contribution is 1.89. The van der Waals surface area contributed by atoms with Crippen molar-refractivity contribution < 1.29 is 9.84 Å². The van der Waals surface area contributed by atoms with Gasteiger partial charge in [-0.1, -0.05) is 13.8 Å². The summed E-state index contributed by atoms with van der Waals surface area (Å²) in [6, 6.07) is 0. The van der Waals surface area contributed by atoms with Gasteiger partial charge >= 0.3 is 0 Å². The van der Waals surface area contributed by atoms with Crippen molar-refractivity contribution in [3.8, 4) is 0 Å². The number of hydrogen-bond acceptors (Lipinski definition) is 3. The highest BCUT2D eigenvalue weighted by molar-refractivity contribution is 4.54. The van der Waals surface area contributed by atoms with Gasteiger partial charge in [0.2, 0.25) is 0 Å². The molecule has 0 heterocycles. The van der Waals surface area contributed by atoms with Crippen molar-refractivity contribution in [1.29, 1.82) is 0 Å². The standard InChI is InChI=1S/C10H23NO2/c1-3-6-13-7-4-5-11-8-10(2)9-12/h10-12H,3-9H2,1-2H3. The van der Waals surface area contributed by atoms with Gasteiger partial charge in [-0.15, -0.1) is 0 Å². The van der Waals surface area contributed by atoms with Crippen LogP contribution in [-0.4, -0.2) is 38.0 Å². The molecule has 0 radical (unpaired) electrons. The molecule has 0 saturated carbocycles. The molecule has 0 bridgehead atoms. The summed E-state index contributed by atoms with van der Waals surface area (Å²) in [4.78, 5) is 0. The molecule has 0 aromatic carbocycles. The van der Waals surface area contributed by atoms with E-state index in [1.807, 2.05) is 6.92 Å². The molecule has 0 aliphatic heterocycles. The number of aliphatic hydroxyl groups excluding tert-OH is 1. The zero-order chi connectivity index (χ0) is 9.94. The van der Waals surface area contributed by atoms with Crippen LogP contribution in [0.3, 0.4) is 0 Å². The van der Waals surface area contributed by atoms with Gasteiger partial charge in [-0.05, 0) is 31.8 Å². The average Bonchev–Trinajstić information content (AvgIpc) is 2.16. The Kier molecular flexibility index (Phi) is 9.87. The van der Waals surface area contributed by atoms with Crippen LogP contribution >= 0.6 is 0 Å². The van der Waals surface area contributed by atoms with Gasteiger partial charge < -0.3 is 15.2 Å². The second-order valence-electron chi connectivity index (χ2n) is 3.46. The van der Waals surface area contributed by atoms with E-state index in [-0.39, 0.29) is 6.61 Å². The van der Waals surface area contributed by atoms with Crippen LogP contribution in [0.25, 0.3) is 0 Å². The number of ether oxygens (including phenoxy) is 1. The SMILES string of the molecule is CCCOCCCNCC(C)CO. The molecule has 0 aliphatic rings. The van der Waals surface area contributed by atoms with Gasteiger partial charge in [-0.3, -0.25) is 0 Å². The zero-order valence-corrected chi connectivity index (χ0v) is 8.88. The second-order valence-corrected chi connectivity index (χ2v) is 3.46. The Morgan fingerprint density at radius 2 is 2.15 bits per heavy atom. The maximum Gasteiger partial charge on any atom is 0.0478 e. The third-order valence-corrected chi connectivity index (χ3v) is 1.80. The lowest BCUT2D eigenvalue weighted by atomic mass is 10.2. The van der Waals surface area contributed by atoms with Crippen LogP contribution in [0.4, 0.5) is 0 Å². The zero-order valence-electron chi connectivity index (χ0n) is 8.88. The van der Waals surface area contributed by atoms with Crippen LogP contribution in [0.2, 0.25) is 0 Å². The van der Waals surface area contributed by atoms with Gasteiger partial charge in [-0.25, -0.2) is 0 Å². The fourth-order valence-corrected chi connectivity index (χ4v) is 0.959. The summed E-state index contributed by atoms with van der Waals surface area (Å²) < 4.78 is 5.33. The molecule has 0 spiro atoms. The van der Waals surface area contributed by atoms with Gasteiger partial charge in [-0.2, -0.15) is 0 Å². The first-order valence-electron chi connectivity index (χ1n) is 5.20. The van der Waals surface area contributed by atoms with Crippen molar-refractivity contribution in [3.63, 3.8) is 0 Å². The molecule has 1 atom stereocenters. The molecule has 13 heavy (non-hydrogen) atoms. The van der Waals surface area contributed by atoms with E-state index in [9.17, 15) is 0 Å². The monoisotopic (exact) mass is 189 g/mol. The average molecular weight is 189 g/mol. The predicted octanol–water partition coefficient (Wildman–Crippen LogP) is 1.02. The van der Waals surface area contributed by atoms with E-state index in [0.717, 1.165) is 39.1 Å². The topological polar surface area (TPSA) is 41.5 Å². The molecule has 0 amide bonds. The molecule has 0 saturated heterocycles. The first-order valence-corrected chi connectivity index (χ1v) is 5.20. The maximum absolute atomic E-state index is 8.74. The molecule has 3 heteroatoms. The Bertz CT molecular complexity index is 98.9. The number of aliphatic hydroxyl groups is 1. The molecular weight excluding hydrogens is 166 g/mol. The van der Waals surface area contributed by atoms with Crippen molar-refractivity contribution in [2.24, 2.45) is 5.92 Å². The normalized spacial score (nSPS) is 13.2. The lowest BCUT2D eigenvalue weighted by molar-refractivity contribution is 0.131. The van der Waals surface area contributed by atoms with Gasteiger partial charge in [0.1, 0.15) is 0 Å². The predicted molar refractivity (Wildman–Crippen MR) is 54.8 cm³/mol. The molecule has 2 N–H and O–H groups in total. The van der Waals surface area contributed by atoms with Crippen molar-refractivity contribution in [2.45, 2.75) is 26.7 Å². The Morgan fingerprint density at radius 1 is 1.38 bits per heavy atom. The molecule has 80 valence electrons. The maximum atomic E-state index is 8.74. The van der Waals surface area contributed by atoms with Crippen LogP contribution in [0.15, 0.2) is 0 Å². The number of nitrogens with one attached hydrogen (secondary N) is 1. The van der Waals surface area contributed by atoms with Crippen molar-refractivity contribution in [2.75, 3.05) is 32.9 Å². The molecule has 1 unspecified atom stereocenters. The van der Waals surface area contributed by atoms with Crippen LogP contribution in [0.5, 0.6) is 0 Å². The van der Waals surface area contributed by atoms with E-state index in [4.69, 9.17) is 9.84 Å². The molecule has 3 nitrogen and oxygen atoms in total. The van der Waals surface area contributed by atoms with Gasteiger partial charge in [0.25, 0.3) is 0 Å². The fourth-order valence-electron chi connectivity index (χ4n) is 0.959. The van der Waals surface area contributed by atoms with E-state index in [2.05, 4.69) is 12.2 Å². The number of rotatable bonds is 9. The van der Waals surface area contributed by atoms with E-state index in [1.165, 1.54) is 0 Å². The minimum atomic E-state index is 0.263. The quantitative estimate of drug-likeness (QED) is 0.532. The van der Waals surface area contributed by atoms with Crippen molar-refractivity contribution >= 4 is 0 Å². The Balaban J connectivity index is 2.91. The Morgan fingerprint density at radius 3 is 2.77 bits per heavy atom. The molecule has 0 aromatic heterocycles. The molecule has 0 aliphatic carbocycles. The van der Waals surface area contributed by atoms with Crippen LogP contribution < -0.4 is 5.32 Å². The van der Waals surface area contributed by atoms with Gasteiger partial charge in [0, 0.05) is 19.8 Å². The van der Waals surface area contributed by atoms with E-state index < -0.39 is 0 Å². The van der Waals surface area contributed by atoms with Crippen LogP contribution in [0, 0.1) is 5.92 Å². The highest BCUT2D eigenvalue weighted by Gasteiger charge is 1.97. The molecule has 0 rings (SSSR count). The van der Waals surface area contributed by atoms with E-state index >= 15 is 0 Å². The summed E-state index contributed by atoms with van der Waals surface area (Å²) in [5, 5.41) is 12.0. The molecule has 0 fully saturated rings. The Labute approximate surface area is 81.5 Å². The number of hydrogen-bond donors (Lipinski definition) is 2. The largest absolute Gasteiger partial charge is 0.396 e. The fraction of sp³-hybridized carbons (Fsp3) is 1.00. The Hall–Kier alpha value is -0.120. The van der Waals surface area contributed by atoms with Gasteiger partial charge in [0.05, 0.1) is 0 Å².